The summed E-state index contributed by atoms with van der Waals surface area (Å²) in [5, 5.41) is -7.22. The van der Waals surface area contributed by atoms with Gasteiger partial charge in [0.05, 0.1) is 6.61 Å². The Hall–Kier alpha value is -1.16. The Kier molecular flexibility index (Phi) is 10.8. The number of unbranched alkanes of at least 4 members (excludes halogenated alkanes) is 1. The van der Waals surface area contributed by atoms with E-state index >= 15 is 0 Å². The summed E-state index contributed by atoms with van der Waals surface area (Å²) in [4.78, 5) is 0. The Morgan fingerprint density at radius 3 is 1.38 bits per heavy atom. The molecule has 0 aliphatic carbocycles. The zero-order chi connectivity index (χ0) is 30.1. The van der Waals surface area contributed by atoms with E-state index < -0.39 is 71.2 Å². The third-order valence-corrected chi connectivity index (χ3v) is 5.36. The van der Waals surface area contributed by atoms with Gasteiger partial charge in [0.15, 0.2) is 0 Å². The zero-order valence-corrected chi connectivity index (χ0v) is 18.9. The molecule has 1 atom stereocenters. The Balaban J connectivity index is 6.18. The van der Waals surface area contributed by atoms with Crippen LogP contribution in [0.2, 0.25) is 0 Å². The Labute approximate surface area is 198 Å². The average molecular weight is 613 g/mol. The molecule has 0 spiro atoms. The van der Waals surface area contributed by atoms with E-state index in [0.29, 0.717) is 19.9 Å². The molecular weight excluding hydrogens is 597 g/mol. The summed E-state index contributed by atoms with van der Waals surface area (Å²) in [5.74, 6) is -51.0. The van der Waals surface area contributed by atoms with Crippen molar-refractivity contribution in [3.63, 3.8) is 0 Å². The normalized spacial score (nSPS) is 16.4. The van der Waals surface area contributed by atoms with E-state index in [-0.39, 0.29) is 11.7 Å². The first-order chi connectivity index (χ1) is 16.1. The molecule has 37 heavy (non-hydrogen) atoms. The highest BCUT2D eigenvalue weighted by molar-refractivity contribution is 7.81. The molecule has 0 rings (SSSR count). The molecule has 0 aromatic rings. The van der Waals surface area contributed by atoms with Crippen molar-refractivity contribution in [2.24, 2.45) is 0 Å². The molecule has 4 nitrogen and oxygen atoms in total. The fraction of sp³-hybridized carbons (Fsp3) is 1.00. The van der Waals surface area contributed by atoms with Crippen molar-refractivity contribution in [3.05, 3.63) is 0 Å². The number of hydroxylamine groups is 2. The summed E-state index contributed by atoms with van der Waals surface area (Å²) in [7, 11) is 0.524. The maximum absolute atomic E-state index is 13.8. The molecule has 0 N–H and O–H groups in total. The lowest BCUT2D eigenvalue weighted by Crippen LogP contribution is -2.74. The number of hydrogen-bond donors (Lipinski definition) is 0. The summed E-state index contributed by atoms with van der Waals surface area (Å²) in [6.07, 6.45) is -6.77. The molecule has 0 aromatic carbocycles. The molecule has 0 heterocycles. The molecule has 0 aliphatic heterocycles. The molecule has 0 saturated carbocycles. The van der Waals surface area contributed by atoms with Crippen LogP contribution in [-0.4, -0.2) is 83.0 Å². The number of rotatable bonds is 15. The predicted octanol–water partition coefficient (Wildman–Crippen LogP) is 6.30. The standard InChI is InChI=1S/C15H16F17NO3S/c1-3-4-6-35-7-5-33(2)36-37(34)15(31,32)13(26,27)11(22,23)9(18,19)8(16,17)10(20,21)12(24,25)14(28,29)30/h3-7H2,1-2H3. The quantitative estimate of drug-likeness (QED) is 0.124. The van der Waals surface area contributed by atoms with Crippen LogP contribution in [0.3, 0.4) is 0 Å². The van der Waals surface area contributed by atoms with Gasteiger partial charge in [-0.15, -0.1) is 0 Å². The summed E-state index contributed by atoms with van der Waals surface area (Å²) in [6.45, 7) is 0.552. The second-order valence-electron chi connectivity index (χ2n) is 7.09. The van der Waals surface area contributed by atoms with Gasteiger partial charge in [-0.1, -0.05) is 13.3 Å². The Morgan fingerprint density at radius 2 is 1.00 bits per heavy atom. The molecule has 22 heteroatoms. The molecule has 224 valence electrons. The van der Waals surface area contributed by atoms with E-state index in [2.05, 4.69) is 4.28 Å². The maximum atomic E-state index is 13.8. The van der Waals surface area contributed by atoms with E-state index in [1.165, 1.54) is 0 Å². The van der Waals surface area contributed by atoms with Crippen LogP contribution in [0.4, 0.5) is 74.6 Å². The first kappa shape index (κ1) is 35.8. The third-order valence-electron chi connectivity index (χ3n) is 4.29. The van der Waals surface area contributed by atoms with Crippen molar-refractivity contribution >= 4 is 11.1 Å². The lowest BCUT2D eigenvalue weighted by molar-refractivity contribution is -0.458. The minimum atomic E-state index is -8.75. The fourth-order valence-electron chi connectivity index (χ4n) is 2.00. The highest BCUT2D eigenvalue weighted by Gasteiger charge is 2.95. The van der Waals surface area contributed by atoms with Gasteiger partial charge in [0.2, 0.25) is 0 Å². The molecule has 0 saturated heterocycles. The van der Waals surface area contributed by atoms with Crippen molar-refractivity contribution in [2.75, 3.05) is 26.8 Å². The monoisotopic (exact) mass is 613 g/mol. The van der Waals surface area contributed by atoms with Gasteiger partial charge in [-0.3, -0.25) is 0 Å². The van der Waals surface area contributed by atoms with E-state index in [9.17, 15) is 78.8 Å². The van der Waals surface area contributed by atoms with E-state index in [4.69, 9.17) is 4.74 Å². The van der Waals surface area contributed by atoms with E-state index in [0.717, 1.165) is 0 Å². The summed E-state index contributed by atoms with van der Waals surface area (Å²) in [5.41, 5.74) is 0. The van der Waals surface area contributed by atoms with Gasteiger partial charge >= 0.3 is 47.0 Å². The van der Waals surface area contributed by atoms with Gasteiger partial charge < -0.3 is 4.74 Å². The van der Waals surface area contributed by atoms with Crippen molar-refractivity contribution in [2.45, 2.75) is 66.7 Å². The average Bonchev–Trinajstić information content (AvgIpc) is 2.71. The first-order valence-corrected chi connectivity index (χ1v) is 10.3. The number of hydrogen-bond acceptors (Lipinski definition) is 4. The summed E-state index contributed by atoms with van der Waals surface area (Å²) in [6, 6.07) is 0. The van der Waals surface area contributed by atoms with Crippen LogP contribution in [0.15, 0.2) is 0 Å². The second-order valence-corrected chi connectivity index (χ2v) is 8.22. The Bertz CT molecular complexity index is 786. The number of halogens is 17. The largest absolute Gasteiger partial charge is 0.460 e. The zero-order valence-electron chi connectivity index (χ0n) is 18.0. The fourth-order valence-corrected chi connectivity index (χ4v) is 2.73. The van der Waals surface area contributed by atoms with Crippen LogP contribution in [0, 0.1) is 0 Å². The number of likely N-dealkylation sites (N-methyl/N-ethyl adjacent to an activating group) is 1. The van der Waals surface area contributed by atoms with Gasteiger partial charge in [-0.05, 0) is 6.42 Å². The lowest BCUT2D eigenvalue weighted by atomic mass is 9.91. The van der Waals surface area contributed by atoms with Crippen LogP contribution in [0.1, 0.15) is 19.8 Å². The SMILES string of the molecule is CCCCOCCN(C)OS(=O)C(F)(F)C(F)(F)C(F)(F)C(F)(F)C(F)(F)C(F)(F)C(F)(F)C(F)(F)F. The lowest BCUT2D eigenvalue weighted by Gasteiger charge is -2.42. The highest BCUT2D eigenvalue weighted by Crippen LogP contribution is 2.64. The minimum Gasteiger partial charge on any atom is -0.380 e. The van der Waals surface area contributed by atoms with Crippen molar-refractivity contribution in [1.29, 1.82) is 0 Å². The maximum Gasteiger partial charge on any atom is 0.460 e. The smallest absolute Gasteiger partial charge is 0.380 e. The second kappa shape index (κ2) is 11.1. The van der Waals surface area contributed by atoms with Crippen molar-refractivity contribution in [1.82, 2.24) is 5.06 Å². The van der Waals surface area contributed by atoms with Crippen molar-refractivity contribution < 1.29 is 87.9 Å². The van der Waals surface area contributed by atoms with Gasteiger partial charge in [-0.2, -0.15) is 84.0 Å². The number of alkyl halides is 17. The first-order valence-electron chi connectivity index (χ1n) is 9.23. The van der Waals surface area contributed by atoms with Gasteiger partial charge in [-0.25, -0.2) is 4.21 Å². The predicted molar refractivity (Wildman–Crippen MR) is 88.3 cm³/mol. The van der Waals surface area contributed by atoms with E-state index in [1.807, 2.05) is 0 Å². The van der Waals surface area contributed by atoms with Crippen molar-refractivity contribution in [3.8, 4) is 0 Å². The molecule has 0 radical (unpaired) electrons. The molecule has 0 fully saturated rings. The molecule has 0 aliphatic rings. The summed E-state index contributed by atoms with van der Waals surface area (Å²) >= 11 is -5.19. The third kappa shape index (κ3) is 6.04. The molecule has 1 unspecified atom stereocenters. The van der Waals surface area contributed by atoms with Gasteiger partial charge in [0.25, 0.3) is 11.1 Å². The molecular formula is C15H16F17NO3S. The van der Waals surface area contributed by atoms with Crippen LogP contribution >= 0.6 is 0 Å². The molecule has 0 amide bonds. The molecule has 0 bridgehead atoms. The van der Waals surface area contributed by atoms with Crippen LogP contribution in [0.5, 0.6) is 0 Å². The number of nitrogens with zero attached hydrogens (tertiary/aromatic N) is 1. The highest BCUT2D eigenvalue weighted by atomic mass is 32.2. The topological polar surface area (TPSA) is 38.8 Å². The van der Waals surface area contributed by atoms with E-state index in [1.54, 1.807) is 6.92 Å². The van der Waals surface area contributed by atoms with Crippen LogP contribution < -0.4 is 0 Å². The Morgan fingerprint density at radius 1 is 0.622 bits per heavy atom. The van der Waals surface area contributed by atoms with Crippen LogP contribution in [0.25, 0.3) is 0 Å². The number of ether oxygens (including phenoxy) is 1. The van der Waals surface area contributed by atoms with Gasteiger partial charge in [0.1, 0.15) is 0 Å². The minimum absolute atomic E-state index is 0.0508. The van der Waals surface area contributed by atoms with Gasteiger partial charge in [0, 0.05) is 20.2 Å². The summed E-state index contributed by atoms with van der Waals surface area (Å²) < 4.78 is 244. The van der Waals surface area contributed by atoms with Crippen LogP contribution in [-0.2, 0) is 20.1 Å². The molecule has 0 aromatic heterocycles.